The Morgan fingerprint density at radius 3 is 2.39 bits per heavy atom. The van der Waals surface area contributed by atoms with Crippen molar-refractivity contribution < 1.29 is 13.2 Å². The molecule has 0 atom stereocenters. The molecule has 0 amide bonds. The molecule has 1 heterocycles. The molecule has 3 rings (SSSR count). The Bertz CT molecular complexity index is 770. The Balaban J connectivity index is 1.98. The molecule has 1 aromatic carbocycles. The zero-order valence-corrected chi connectivity index (χ0v) is 15.2. The lowest BCUT2D eigenvalue weighted by molar-refractivity contribution is 0.397. The van der Waals surface area contributed by atoms with Gasteiger partial charge in [-0.3, -0.25) is 0 Å². The van der Waals surface area contributed by atoms with Crippen molar-refractivity contribution in [2.24, 2.45) is 0 Å². The largest absolute Gasteiger partial charge is 0.496 e. The van der Waals surface area contributed by atoms with Gasteiger partial charge in [0.25, 0.3) is 0 Å². The molecule has 0 spiro atoms. The number of methoxy groups -OCH3 is 1. The number of hydrogen-bond acceptors (Lipinski definition) is 4. The molecule has 1 aliphatic rings. The summed E-state index contributed by atoms with van der Waals surface area (Å²) in [5, 5.41) is 3.99. The molecule has 0 saturated heterocycles. The maximum Gasteiger partial charge on any atom is 0.243 e. The van der Waals surface area contributed by atoms with Crippen LogP contribution >= 0.6 is 11.3 Å². The Morgan fingerprint density at radius 1 is 1.26 bits per heavy atom. The Kier molecular flexibility index (Phi) is 4.49. The summed E-state index contributed by atoms with van der Waals surface area (Å²) >= 11 is 1.59. The molecular weight excluding hydrogens is 330 g/mol. The van der Waals surface area contributed by atoms with Gasteiger partial charge in [-0.2, -0.15) is 15.6 Å². The summed E-state index contributed by atoms with van der Waals surface area (Å²) < 4.78 is 33.3. The first-order valence-electron chi connectivity index (χ1n) is 7.61. The van der Waals surface area contributed by atoms with Crippen LogP contribution in [0.15, 0.2) is 33.9 Å². The van der Waals surface area contributed by atoms with Crippen LogP contribution in [-0.4, -0.2) is 25.9 Å². The van der Waals surface area contributed by atoms with Crippen LogP contribution in [0.1, 0.15) is 29.5 Å². The highest BCUT2D eigenvalue weighted by Crippen LogP contribution is 2.35. The van der Waals surface area contributed by atoms with E-state index >= 15 is 0 Å². The fourth-order valence-corrected chi connectivity index (χ4v) is 5.36. The number of rotatable bonds is 6. The summed E-state index contributed by atoms with van der Waals surface area (Å²) in [6.07, 6.45) is 1.88. The summed E-state index contributed by atoms with van der Waals surface area (Å²) in [5.74, 6) is 0.750. The van der Waals surface area contributed by atoms with E-state index in [0.717, 1.165) is 35.3 Å². The second kappa shape index (κ2) is 6.26. The van der Waals surface area contributed by atoms with Crippen LogP contribution in [0.2, 0.25) is 0 Å². The SMILES string of the molecule is COc1c(C)cc(S(=O)(=O)N(Cc2ccsc2)C2CC2)cc1C. The Labute approximate surface area is 141 Å². The normalized spacial score (nSPS) is 15.1. The fourth-order valence-electron chi connectivity index (χ4n) is 2.85. The minimum atomic E-state index is -3.50. The first kappa shape index (κ1) is 16.5. The van der Waals surface area contributed by atoms with Gasteiger partial charge in [0, 0.05) is 12.6 Å². The van der Waals surface area contributed by atoms with Gasteiger partial charge in [0.05, 0.1) is 12.0 Å². The predicted octanol–water partition coefficient (Wildman–Crippen LogP) is 3.73. The molecule has 2 aromatic rings. The van der Waals surface area contributed by atoms with Crippen molar-refractivity contribution >= 4 is 21.4 Å². The number of benzene rings is 1. The maximum absolute atomic E-state index is 13.1. The standard InChI is InChI=1S/C17H21NO3S2/c1-12-8-16(9-13(2)17(12)21-3)23(19,20)18(15-4-5-15)10-14-6-7-22-11-14/h6-9,11,15H,4-5,10H2,1-3H3. The van der Waals surface area contributed by atoms with Crippen LogP contribution in [-0.2, 0) is 16.6 Å². The van der Waals surface area contributed by atoms with Crippen molar-refractivity contribution in [3.8, 4) is 5.75 Å². The van der Waals surface area contributed by atoms with E-state index in [1.54, 1.807) is 34.9 Å². The van der Waals surface area contributed by atoms with E-state index in [2.05, 4.69) is 0 Å². The van der Waals surface area contributed by atoms with E-state index in [1.807, 2.05) is 30.7 Å². The molecule has 0 bridgehead atoms. The molecule has 4 nitrogen and oxygen atoms in total. The quantitative estimate of drug-likeness (QED) is 0.797. The van der Waals surface area contributed by atoms with Gasteiger partial charge in [-0.1, -0.05) is 0 Å². The molecule has 1 aliphatic carbocycles. The van der Waals surface area contributed by atoms with Gasteiger partial charge in [0.1, 0.15) is 5.75 Å². The predicted molar refractivity (Wildman–Crippen MR) is 92.5 cm³/mol. The average molecular weight is 351 g/mol. The van der Waals surface area contributed by atoms with Gasteiger partial charge < -0.3 is 4.74 Å². The minimum absolute atomic E-state index is 0.127. The van der Waals surface area contributed by atoms with Gasteiger partial charge in [0.15, 0.2) is 0 Å². The smallest absolute Gasteiger partial charge is 0.243 e. The first-order valence-corrected chi connectivity index (χ1v) is 10.00. The molecule has 23 heavy (non-hydrogen) atoms. The van der Waals surface area contributed by atoms with E-state index in [0.29, 0.717) is 11.4 Å². The average Bonchev–Trinajstić information content (AvgIpc) is 3.20. The third-order valence-corrected chi connectivity index (χ3v) is 6.73. The third-order valence-electron chi connectivity index (χ3n) is 4.12. The second-order valence-electron chi connectivity index (χ2n) is 6.00. The van der Waals surface area contributed by atoms with Gasteiger partial charge in [0.2, 0.25) is 10.0 Å². The zero-order chi connectivity index (χ0) is 16.6. The van der Waals surface area contributed by atoms with Gasteiger partial charge in [-0.05, 0) is 72.3 Å². The van der Waals surface area contributed by atoms with Crippen LogP contribution in [0.3, 0.4) is 0 Å². The number of thiophene rings is 1. The van der Waals surface area contributed by atoms with Gasteiger partial charge >= 0.3 is 0 Å². The van der Waals surface area contributed by atoms with Crippen LogP contribution in [0.4, 0.5) is 0 Å². The highest BCUT2D eigenvalue weighted by molar-refractivity contribution is 7.89. The van der Waals surface area contributed by atoms with Crippen LogP contribution in [0.5, 0.6) is 5.75 Å². The molecule has 124 valence electrons. The lowest BCUT2D eigenvalue weighted by Crippen LogP contribution is -2.32. The lowest BCUT2D eigenvalue weighted by atomic mass is 10.1. The van der Waals surface area contributed by atoms with Crippen LogP contribution in [0, 0.1) is 13.8 Å². The van der Waals surface area contributed by atoms with E-state index in [4.69, 9.17) is 4.74 Å². The molecule has 1 saturated carbocycles. The first-order chi connectivity index (χ1) is 10.9. The van der Waals surface area contributed by atoms with Gasteiger partial charge in [-0.25, -0.2) is 8.42 Å². The Hall–Kier alpha value is -1.37. The highest BCUT2D eigenvalue weighted by atomic mass is 32.2. The number of hydrogen-bond donors (Lipinski definition) is 0. The molecule has 1 aromatic heterocycles. The van der Waals surface area contributed by atoms with Crippen molar-refractivity contribution in [2.75, 3.05) is 7.11 Å². The van der Waals surface area contributed by atoms with E-state index in [9.17, 15) is 8.42 Å². The maximum atomic E-state index is 13.1. The molecule has 6 heteroatoms. The topological polar surface area (TPSA) is 46.6 Å². The summed E-state index contributed by atoms with van der Waals surface area (Å²) in [7, 11) is -1.89. The third kappa shape index (κ3) is 3.29. The second-order valence-corrected chi connectivity index (χ2v) is 8.67. The zero-order valence-electron chi connectivity index (χ0n) is 13.6. The lowest BCUT2D eigenvalue weighted by Gasteiger charge is -2.22. The van der Waals surface area contributed by atoms with Crippen molar-refractivity contribution in [1.29, 1.82) is 0 Å². The van der Waals surface area contributed by atoms with E-state index in [-0.39, 0.29) is 6.04 Å². The fraction of sp³-hybridized carbons (Fsp3) is 0.412. The van der Waals surface area contributed by atoms with Crippen LogP contribution in [0.25, 0.3) is 0 Å². The van der Waals surface area contributed by atoms with Crippen molar-refractivity contribution in [2.45, 2.75) is 44.2 Å². The molecule has 0 N–H and O–H groups in total. The number of nitrogens with zero attached hydrogens (tertiary/aromatic N) is 1. The van der Waals surface area contributed by atoms with Crippen molar-refractivity contribution in [3.63, 3.8) is 0 Å². The number of aryl methyl sites for hydroxylation is 2. The molecule has 0 aliphatic heterocycles. The monoisotopic (exact) mass is 351 g/mol. The number of ether oxygens (including phenoxy) is 1. The van der Waals surface area contributed by atoms with E-state index in [1.165, 1.54) is 0 Å². The van der Waals surface area contributed by atoms with Crippen LogP contribution < -0.4 is 4.74 Å². The minimum Gasteiger partial charge on any atom is -0.496 e. The summed E-state index contributed by atoms with van der Waals surface area (Å²) in [6, 6.07) is 5.54. The summed E-state index contributed by atoms with van der Waals surface area (Å²) in [6.45, 7) is 4.21. The van der Waals surface area contributed by atoms with Crippen molar-refractivity contribution in [1.82, 2.24) is 4.31 Å². The molecular formula is C17H21NO3S2. The molecule has 0 radical (unpaired) electrons. The summed E-state index contributed by atoms with van der Waals surface area (Å²) in [5.41, 5.74) is 2.74. The highest BCUT2D eigenvalue weighted by Gasteiger charge is 2.38. The molecule has 1 fully saturated rings. The molecule has 0 unspecified atom stereocenters. The van der Waals surface area contributed by atoms with Gasteiger partial charge in [-0.15, -0.1) is 0 Å². The van der Waals surface area contributed by atoms with Crippen molar-refractivity contribution in [3.05, 3.63) is 45.6 Å². The van der Waals surface area contributed by atoms with E-state index < -0.39 is 10.0 Å². The number of sulfonamides is 1. The Morgan fingerprint density at radius 2 is 1.91 bits per heavy atom. The summed E-state index contributed by atoms with van der Waals surface area (Å²) in [4.78, 5) is 0.357.